The highest BCUT2D eigenvalue weighted by atomic mass is 16.1. The highest BCUT2D eigenvalue weighted by Crippen LogP contribution is 2.73. The van der Waals surface area contributed by atoms with Gasteiger partial charge in [-0.3, -0.25) is 4.79 Å². The standard InChI is InChI=1S/C27H26O/c28-25-21-13-16-1-3-20-12-19(16)11-17(21)2-4-22(25)27-10-7-18(14-27)24-23(27)15-5-8-26(20,24)9-6-15/h1,3,11-13,15,18,22H,2,4-10,14H2. The highest BCUT2D eigenvalue weighted by molar-refractivity contribution is 6.04. The zero-order valence-electron chi connectivity index (χ0n) is 16.4. The normalized spacial score (nSPS) is 41.6. The topological polar surface area (TPSA) is 17.1 Å². The third-order valence-corrected chi connectivity index (χ3v) is 10.1. The van der Waals surface area contributed by atoms with Gasteiger partial charge in [-0.2, -0.15) is 0 Å². The molecule has 2 saturated carbocycles. The first-order valence-electron chi connectivity index (χ1n) is 11.6. The van der Waals surface area contributed by atoms with Gasteiger partial charge in [0.25, 0.3) is 0 Å². The van der Waals surface area contributed by atoms with Crippen LogP contribution in [0.2, 0.25) is 0 Å². The van der Waals surface area contributed by atoms with E-state index in [0.29, 0.717) is 5.78 Å². The summed E-state index contributed by atoms with van der Waals surface area (Å²) >= 11 is 0. The highest BCUT2D eigenvalue weighted by Gasteiger charge is 2.64. The predicted octanol–water partition coefficient (Wildman–Crippen LogP) is 6.14. The Kier molecular flexibility index (Phi) is 2.40. The van der Waals surface area contributed by atoms with Gasteiger partial charge >= 0.3 is 0 Å². The first-order chi connectivity index (χ1) is 13.7. The van der Waals surface area contributed by atoms with E-state index in [0.717, 1.165) is 30.2 Å². The Morgan fingerprint density at radius 1 is 0.821 bits per heavy atom. The maximum atomic E-state index is 13.9. The van der Waals surface area contributed by atoms with E-state index in [1.807, 2.05) is 11.1 Å². The Labute approximate surface area is 166 Å². The van der Waals surface area contributed by atoms with Gasteiger partial charge < -0.3 is 0 Å². The van der Waals surface area contributed by atoms with Crippen LogP contribution in [-0.4, -0.2) is 5.78 Å². The Balaban J connectivity index is 1.57. The molecular formula is C27H26O. The molecule has 11 rings (SSSR count). The fourth-order valence-corrected chi connectivity index (χ4v) is 9.17. The Morgan fingerprint density at radius 2 is 1.68 bits per heavy atom. The number of carbonyl (C=O) groups excluding carboxylic acids is 1. The molecule has 0 aliphatic heterocycles. The van der Waals surface area contributed by atoms with Gasteiger partial charge in [0.15, 0.2) is 5.78 Å². The first-order valence-corrected chi connectivity index (χ1v) is 11.6. The van der Waals surface area contributed by atoms with Crippen molar-refractivity contribution in [3.63, 3.8) is 0 Å². The van der Waals surface area contributed by atoms with E-state index in [2.05, 4.69) is 30.3 Å². The maximum absolute atomic E-state index is 13.9. The molecule has 0 N–H and O–H groups in total. The number of aryl methyl sites for hydroxylation is 1. The summed E-state index contributed by atoms with van der Waals surface area (Å²) in [6.45, 7) is 0. The van der Waals surface area contributed by atoms with Crippen molar-refractivity contribution < 1.29 is 4.79 Å². The van der Waals surface area contributed by atoms with Gasteiger partial charge in [0.2, 0.25) is 0 Å². The fraction of sp³-hybridized carbons (Fsp3) is 0.519. The monoisotopic (exact) mass is 366 g/mol. The molecule has 3 unspecified atom stereocenters. The van der Waals surface area contributed by atoms with Crippen LogP contribution in [0.4, 0.5) is 0 Å². The molecular weight excluding hydrogens is 340 g/mol. The smallest absolute Gasteiger partial charge is 0.167 e. The average Bonchev–Trinajstić information content (AvgIpc) is 3.32. The van der Waals surface area contributed by atoms with Crippen molar-refractivity contribution in [2.75, 3.05) is 0 Å². The van der Waals surface area contributed by atoms with Crippen LogP contribution >= 0.6 is 0 Å². The second kappa shape index (κ2) is 4.48. The third-order valence-electron chi connectivity index (χ3n) is 10.1. The van der Waals surface area contributed by atoms with E-state index in [1.165, 1.54) is 61.3 Å². The largest absolute Gasteiger partial charge is 0.294 e. The van der Waals surface area contributed by atoms with Crippen LogP contribution in [0.1, 0.15) is 72.9 Å². The second-order valence-corrected chi connectivity index (χ2v) is 10.8. The maximum Gasteiger partial charge on any atom is 0.167 e. The molecule has 2 spiro atoms. The molecule has 3 atom stereocenters. The van der Waals surface area contributed by atoms with Crippen molar-refractivity contribution in [3.05, 3.63) is 58.2 Å². The number of benzene rings is 2. The van der Waals surface area contributed by atoms with Crippen LogP contribution in [0.3, 0.4) is 0 Å². The van der Waals surface area contributed by atoms with Crippen LogP contribution in [0, 0.1) is 23.2 Å². The molecule has 2 aromatic carbocycles. The minimum Gasteiger partial charge on any atom is -0.294 e. The van der Waals surface area contributed by atoms with Crippen molar-refractivity contribution in [2.24, 2.45) is 23.2 Å². The van der Waals surface area contributed by atoms with E-state index >= 15 is 0 Å². The van der Waals surface area contributed by atoms with Crippen LogP contribution < -0.4 is 0 Å². The summed E-state index contributed by atoms with van der Waals surface area (Å²) in [7, 11) is 0. The Bertz CT molecular complexity index is 1140. The number of Topliss-reactive ketones (excluding diaryl/α,β-unsaturated/α-hetero) is 1. The van der Waals surface area contributed by atoms with Crippen molar-refractivity contribution >= 4 is 16.6 Å². The minimum atomic E-state index is 0.220. The second-order valence-electron chi connectivity index (χ2n) is 10.8. The van der Waals surface area contributed by atoms with E-state index < -0.39 is 0 Å². The number of hydrogen-bond donors (Lipinski definition) is 0. The molecule has 2 aromatic rings. The summed E-state index contributed by atoms with van der Waals surface area (Å²) in [5, 5.41) is 2.63. The van der Waals surface area contributed by atoms with E-state index in [9.17, 15) is 4.79 Å². The van der Waals surface area contributed by atoms with Gasteiger partial charge in [0.05, 0.1) is 0 Å². The number of rotatable bonds is 0. The van der Waals surface area contributed by atoms with Gasteiger partial charge in [-0.05, 0) is 97.6 Å². The molecule has 12 bridgehead atoms. The predicted molar refractivity (Wildman–Crippen MR) is 111 cm³/mol. The summed E-state index contributed by atoms with van der Waals surface area (Å²) in [6.07, 6.45) is 11.5. The Hall–Kier alpha value is -1.89. The number of fused-ring (bicyclic) bond motifs is 5. The summed E-state index contributed by atoms with van der Waals surface area (Å²) in [4.78, 5) is 13.9. The first kappa shape index (κ1) is 15.0. The fourth-order valence-electron chi connectivity index (χ4n) is 9.17. The third kappa shape index (κ3) is 1.42. The lowest BCUT2D eigenvalue weighted by Crippen LogP contribution is -2.47. The number of allylic oxidation sites excluding steroid dienone is 2. The molecule has 28 heavy (non-hydrogen) atoms. The lowest BCUT2D eigenvalue weighted by molar-refractivity contribution is 0.0738. The lowest BCUT2D eigenvalue weighted by Gasteiger charge is -2.55. The van der Waals surface area contributed by atoms with Crippen molar-refractivity contribution in [1.82, 2.24) is 0 Å². The molecule has 2 fully saturated rings. The molecule has 0 radical (unpaired) electrons. The van der Waals surface area contributed by atoms with Gasteiger partial charge in [-0.15, -0.1) is 0 Å². The number of carbonyl (C=O) groups is 1. The summed E-state index contributed by atoms with van der Waals surface area (Å²) in [6, 6.07) is 11.9. The quantitative estimate of drug-likeness (QED) is 0.512. The van der Waals surface area contributed by atoms with E-state index in [1.54, 1.807) is 5.56 Å². The van der Waals surface area contributed by atoms with Gasteiger partial charge in [0, 0.05) is 22.3 Å². The minimum absolute atomic E-state index is 0.220. The summed E-state index contributed by atoms with van der Waals surface area (Å²) in [5.74, 6) is 2.28. The van der Waals surface area contributed by atoms with Crippen molar-refractivity contribution in [3.8, 4) is 0 Å². The van der Waals surface area contributed by atoms with Crippen LogP contribution in [-0.2, 0) is 11.8 Å². The van der Waals surface area contributed by atoms with Gasteiger partial charge in [-0.25, -0.2) is 0 Å². The Morgan fingerprint density at radius 3 is 2.57 bits per heavy atom. The van der Waals surface area contributed by atoms with Crippen molar-refractivity contribution in [1.29, 1.82) is 0 Å². The molecule has 0 aromatic heterocycles. The molecule has 0 amide bonds. The average molecular weight is 367 g/mol. The van der Waals surface area contributed by atoms with Crippen LogP contribution in [0.25, 0.3) is 10.8 Å². The molecule has 1 nitrogen and oxygen atoms in total. The molecule has 1 heteroatoms. The molecule has 9 aliphatic carbocycles. The van der Waals surface area contributed by atoms with Gasteiger partial charge in [-0.1, -0.05) is 35.4 Å². The molecule has 0 saturated heterocycles. The molecule has 9 aliphatic rings. The number of hydrogen-bond acceptors (Lipinski definition) is 1. The van der Waals surface area contributed by atoms with Gasteiger partial charge in [0.1, 0.15) is 0 Å². The summed E-state index contributed by atoms with van der Waals surface area (Å²) in [5.41, 5.74) is 8.16. The van der Waals surface area contributed by atoms with Crippen LogP contribution in [0.15, 0.2) is 41.5 Å². The summed E-state index contributed by atoms with van der Waals surface area (Å²) < 4.78 is 0. The lowest BCUT2D eigenvalue weighted by atomic mass is 9.49. The number of ketones is 1. The van der Waals surface area contributed by atoms with Crippen molar-refractivity contribution in [2.45, 2.75) is 63.2 Å². The van der Waals surface area contributed by atoms with E-state index in [4.69, 9.17) is 0 Å². The zero-order chi connectivity index (χ0) is 18.3. The SMILES string of the molecule is O=C1c2cc3ccc4cc3cc2CCC1C12CCC(C1)C1=C2C2CCC14CC2. The van der Waals surface area contributed by atoms with Crippen LogP contribution in [0.5, 0.6) is 0 Å². The molecule has 140 valence electrons. The zero-order valence-corrected chi connectivity index (χ0v) is 16.4. The molecule has 0 heterocycles. The van der Waals surface area contributed by atoms with E-state index in [-0.39, 0.29) is 16.7 Å².